The Morgan fingerprint density at radius 2 is 1.96 bits per heavy atom. The fraction of sp³-hybridized carbons (Fsp3) is 0.238. The molecular formula is C21H19FN2O4. The summed E-state index contributed by atoms with van der Waals surface area (Å²) < 4.78 is 17.3. The molecule has 2 aromatic carbocycles. The van der Waals surface area contributed by atoms with E-state index in [1.807, 2.05) is 37.4 Å². The third kappa shape index (κ3) is 3.36. The Bertz CT molecular complexity index is 1020. The Morgan fingerprint density at radius 3 is 2.71 bits per heavy atom. The average molecular weight is 382 g/mol. The van der Waals surface area contributed by atoms with Crippen LogP contribution >= 0.6 is 0 Å². The molecule has 0 saturated carbocycles. The minimum atomic E-state index is -1.19. The lowest BCUT2D eigenvalue weighted by Crippen LogP contribution is -2.40. The highest BCUT2D eigenvalue weighted by atomic mass is 19.3. The maximum absolute atomic E-state index is 13.0. The van der Waals surface area contributed by atoms with Crippen molar-refractivity contribution in [1.29, 1.82) is 0 Å². The van der Waals surface area contributed by atoms with Crippen molar-refractivity contribution in [3.05, 3.63) is 65.9 Å². The Kier molecular flexibility index (Phi) is 4.83. The molecule has 0 bridgehead atoms. The van der Waals surface area contributed by atoms with Gasteiger partial charge in [-0.1, -0.05) is 30.3 Å². The van der Waals surface area contributed by atoms with Crippen molar-refractivity contribution < 1.29 is 23.5 Å². The molecule has 1 saturated heterocycles. The first-order valence-electron chi connectivity index (χ1n) is 8.99. The van der Waals surface area contributed by atoms with E-state index in [-0.39, 0.29) is 23.6 Å². The van der Waals surface area contributed by atoms with Gasteiger partial charge in [0, 0.05) is 21.5 Å². The molecular weight excluding hydrogens is 363 g/mol. The second-order valence-corrected chi connectivity index (χ2v) is 6.95. The standard InChI is InChI=1S/C21H19FN2O4/c1-24-10-9-16(13-5-3-2-4-6-13)19(24)20(25)23-15-7-8-17-14(11-15)12-18(27-17)21(26)28-22/h2-8,11-12,16,19H,9-10H2,1H3,(H,23,25)/t16-,19?/m1/s1. The van der Waals surface area contributed by atoms with Gasteiger partial charge in [-0.3, -0.25) is 9.69 Å². The predicted octanol–water partition coefficient (Wildman–Crippen LogP) is 3.90. The van der Waals surface area contributed by atoms with Crippen molar-refractivity contribution in [2.75, 3.05) is 18.9 Å². The number of carbonyl (C=O) groups excluding carboxylic acids is 2. The largest absolute Gasteiger partial charge is 0.449 e. The zero-order chi connectivity index (χ0) is 19.7. The first-order chi connectivity index (χ1) is 13.6. The summed E-state index contributed by atoms with van der Waals surface area (Å²) in [5.41, 5.74) is 2.12. The smallest absolute Gasteiger partial charge is 0.414 e. The number of rotatable bonds is 4. The van der Waals surface area contributed by atoms with Gasteiger partial charge < -0.3 is 9.73 Å². The SMILES string of the molecule is CN1CC[C@H](c2ccccc2)C1C(=O)Nc1ccc2oc(C(=O)OF)cc2c1. The van der Waals surface area contributed by atoms with Crippen LogP contribution in [0.1, 0.15) is 28.5 Å². The summed E-state index contributed by atoms with van der Waals surface area (Å²) in [6, 6.07) is 16.1. The van der Waals surface area contributed by atoms with Gasteiger partial charge in [-0.2, -0.15) is 0 Å². The van der Waals surface area contributed by atoms with Gasteiger partial charge >= 0.3 is 5.97 Å². The fourth-order valence-electron chi connectivity index (χ4n) is 3.85. The number of nitrogens with zero attached hydrogens (tertiary/aromatic N) is 1. The highest BCUT2D eigenvalue weighted by molar-refractivity contribution is 5.98. The van der Waals surface area contributed by atoms with Crippen LogP contribution in [-0.2, 0) is 9.74 Å². The molecule has 0 radical (unpaired) electrons. The molecule has 2 atom stereocenters. The van der Waals surface area contributed by atoms with E-state index < -0.39 is 5.97 Å². The third-order valence-electron chi connectivity index (χ3n) is 5.20. The molecule has 1 aliphatic heterocycles. The molecule has 3 aromatic rings. The zero-order valence-electron chi connectivity index (χ0n) is 15.2. The Morgan fingerprint density at radius 1 is 1.18 bits per heavy atom. The van der Waals surface area contributed by atoms with E-state index in [0.717, 1.165) is 18.5 Å². The van der Waals surface area contributed by atoms with Crippen LogP contribution in [0.3, 0.4) is 0 Å². The van der Waals surface area contributed by atoms with Crippen LogP contribution in [0.15, 0.2) is 59.0 Å². The monoisotopic (exact) mass is 382 g/mol. The van der Waals surface area contributed by atoms with E-state index in [2.05, 4.69) is 15.2 Å². The van der Waals surface area contributed by atoms with E-state index in [0.29, 0.717) is 16.7 Å². The average Bonchev–Trinajstić information content (AvgIpc) is 3.31. The molecule has 1 aliphatic rings. The number of fused-ring (bicyclic) bond motifs is 1. The van der Waals surface area contributed by atoms with Gasteiger partial charge in [0.1, 0.15) is 5.58 Å². The number of likely N-dealkylation sites (N-methyl/N-ethyl adjacent to an activating group) is 1. The van der Waals surface area contributed by atoms with Crippen LogP contribution in [0.4, 0.5) is 10.2 Å². The summed E-state index contributed by atoms with van der Waals surface area (Å²) in [6.45, 7) is 0.840. The van der Waals surface area contributed by atoms with Crippen molar-refractivity contribution >= 4 is 28.5 Å². The van der Waals surface area contributed by atoms with Gasteiger partial charge in [-0.25, -0.2) is 9.74 Å². The van der Waals surface area contributed by atoms with Crippen molar-refractivity contribution in [2.45, 2.75) is 18.4 Å². The molecule has 4 rings (SSSR count). The number of halogens is 1. The number of benzene rings is 2. The molecule has 1 unspecified atom stereocenters. The van der Waals surface area contributed by atoms with Gasteiger partial charge in [0.25, 0.3) is 0 Å². The van der Waals surface area contributed by atoms with Gasteiger partial charge in [0.2, 0.25) is 11.7 Å². The minimum absolute atomic E-state index is 0.0971. The molecule has 144 valence electrons. The summed E-state index contributed by atoms with van der Waals surface area (Å²) in [5, 5.41) is 3.51. The zero-order valence-corrected chi connectivity index (χ0v) is 15.2. The first-order valence-corrected chi connectivity index (χ1v) is 8.99. The van der Waals surface area contributed by atoms with E-state index in [9.17, 15) is 14.1 Å². The van der Waals surface area contributed by atoms with Crippen molar-refractivity contribution in [3.63, 3.8) is 0 Å². The van der Waals surface area contributed by atoms with E-state index in [1.165, 1.54) is 6.07 Å². The van der Waals surface area contributed by atoms with E-state index >= 15 is 0 Å². The van der Waals surface area contributed by atoms with E-state index in [4.69, 9.17) is 4.42 Å². The van der Waals surface area contributed by atoms with Crippen LogP contribution in [0.2, 0.25) is 0 Å². The lowest BCUT2D eigenvalue weighted by atomic mass is 9.91. The maximum atomic E-state index is 13.0. The number of hydrogen-bond acceptors (Lipinski definition) is 5. The molecule has 1 N–H and O–H groups in total. The number of amides is 1. The Labute approximate surface area is 160 Å². The lowest BCUT2D eigenvalue weighted by molar-refractivity contribution is -0.120. The van der Waals surface area contributed by atoms with Gasteiger partial charge in [-0.15, -0.1) is 0 Å². The molecule has 7 heteroatoms. The predicted molar refractivity (Wildman–Crippen MR) is 102 cm³/mol. The Balaban J connectivity index is 1.56. The highest BCUT2D eigenvalue weighted by Crippen LogP contribution is 2.33. The topological polar surface area (TPSA) is 71.8 Å². The fourth-order valence-corrected chi connectivity index (χ4v) is 3.85. The van der Waals surface area contributed by atoms with Gasteiger partial charge in [-0.05, 0) is 49.8 Å². The Hall–Kier alpha value is -3.19. The molecule has 0 spiro atoms. The summed E-state index contributed by atoms with van der Waals surface area (Å²) >= 11 is 0. The van der Waals surface area contributed by atoms with Crippen molar-refractivity contribution in [2.24, 2.45) is 0 Å². The van der Waals surface area contributed by atoms with Crippen molar-refractivity contribution in [3.8, 4) is 0 Å². The number of nitrogens with one attached hydrogen (secondary N) is 1. The maximum Gasteiger partial charge on any atom is 0.414 e. The summed E-state index contributed by atoms with van der Waals surface area (Å²) in [7, 11) is 1.95. The molecule has 28 heavy (non-hydrogen) atoms. The van der Waals surface area contributed by atoms with Crippen LogP contribution in [0, 0.1) is 0 Å². The lowest BCUT2D eigenvalue weighted by Gasteiger charge is -2.24. The van der Waals surface area contributed by atoms with E-state index in [1.54, 1.807) is 18.2 Å². The van der Waals surface area contributed by atoms with Gasteiger partial charge in [0.05, 0.1) is 6.04 Å². The minimum Gasteiger partial charge on any atom is -0.449 e. The summed E-state index contributed by atoms with van der Waals surface area (Å²) in [6.07, 6.45) is 0.911. The first kappa shape index (κ1) is 18.2. The number of hydrogen-bond donors (Lipinski definition) is 1. The van der Waals surface area contributed by atoms with Crippen molar-refractivity contribution in [1.82, 2.24) is 4.90 Å². The second-order valence-electron chi connectivity index (χ2n) is 6.95. The molecule has 1 fully saturated rings. The highest BCUT2D eigenvalue weighted by Gasteiger charge is 2.38. The molecule has 2 heterocycles. The van der Waals surface area contributed by atoms with Crippen LogP contribution in [0.25, 0.3) is 11.0 Å². The van der Waals surface area contributed by atoms with Crippen LogP contribution in [-0.4, -0.2) is 36.4 Å². The number of carbonyl (C=O) groups is 2. The normalized spacial score (nSPS) is 19.6. The third-order valence-corrected chi connectivity index (χ3v) is 5.20. The molecule has 1 aromatic heterocycles. The van der Waals surface area contributed by atoms with Crippen LogP contribution < -0.4 is 5.32 Å². The summed E-state index contributed by atoms with van der Waals surface area (Å²) in [5.74, 6) is -1.41. The number of furan rings is 1. The van der Waals surface area contributed by atoms with Crippen LogP contribution in [0.5, 0.6) is 0 Å². The quantitative estimate of drug-likeness (QED) is 0.741. The molecule has 0 aliphatic carbocycles. The number of anilines is 1. The molecule has 1 amide bonds. The second kappa shape index (κ2) is 7.44. The molecule has 6 nitrogen and oxygen atoms in total. The number of likely N-dealkylation sites (tertiary alicyclic amines) is 1. The summed E-state index contributed by atoms with van der Waals surface area (Å²) in [4.78, 5) is 29.5. The van der Waals surface area contributed by atoms with Gasteiger partial charge in [0.15, 0.2) is 0 Å².